The highest BCUT2D eigenvalue weighted by molar-refractivity contribution is 5.85. The van der Waals surface area contributed by atoms with Crippen LogP contribution in [-0.4, -0.2) is 36.1 Å². The molecule has 3 nitrogen and oxygen atoms in total. The summed E-state index contributed by atoms with van der Waals surface area (Å²) in [6.07, 6.45) is 3.87. The van der Waals surface area contributed by atoms with Crippen molar-refractivity contribution in [2.45, 2.75) is 39.7 Å². The topological polar surface area (TPSA) is 40.5 Å². The van der Waals surface area contributed by atoms with E-state index in [4.69, 9.17) is 5.11 Å². The molecule has 0 aromatic rings. The molecule has 0 spiro atoms. The Labute approximate surface area is 92.8 Å². The Balaban J connectivity index is 4.38. The minimum absolute atomic E-state index is 0.360. The minimum Gasteiger partial charge on any atom is -0.478 e. The molecule has 3 heteroatoms. The Hall–Kier alpha value is -0.830. The second-order valence-electron chi connectivity index (χ2n) is 4.37. The molecular weight excluding hydrogens is 190 g/mol. The van der Waals surface area contributed by atoms with Crippen LogP contribution in [0.4, 0.5) is 0 Å². The average molecular weight is 213 g/mol. The maximum atomic E-state index is 10.7. The molecule has 15 heavy (non-hydrogen) atoms. The molecule has 2 atom stereocenters. The van der Waals surface area contributed by atoms with Crippen LogP contribution in [0, 0.1) is 5.92 Å². The van der Waals surface area contributed by atoms with Crippen molar-refractivity contribution in [1.29, 1.82) is 0 Å². The molecule has 0 aromatic carbocycles. The summed E-state index contributed by atoms with van der Waals surface area (Å²) in [5, 5.41) is 8.79. The Morgan fingerprint density at radius 1 is 1.47 bits per heavy atom. The van der Waals surface area contributed by atoms with E-state index < -0.39 is 5.97 Å². The first-order valence-electron chi connectivity index (χ1n) is 5.46. The van der Waals surface area contributed by atoms with Crippen molar-refractivity contribution in [2.24, 2.45) is 5.92 Å². The van der Waals surface area contributed by atoms with Crippen LogP contribution in [0.3, 0.4) is 0 Å². The van der Waals surface area contributed by atoms with Crippen molar-refractivity contribution < 1.29 is 9.90 Å². The van der Waals surface area contributed by atoms with E-state index in [2.05, 4.69) is 18.7 Å². The van der Waals surface area contributed by atoms with Crippen LogP contribution in [0.1, 0.15) is 33.6 Å². The monoisotopic (exact) mass is 213 g/mol. The highest BCUT2D eigenvalue weighted by Crippen LogP contribution is 2.17. The van der Waals surface area contributed by atoms with Gasteiger partial charge in [0.05, 0.1) is 0 Å². The van der Waals surface area contributed by atoms with Gasteiger partial charge in [-0.25, -0.2) is 4.79 Å². The molecule has 0 saturated heterocycles. The van der Waals surface area contributed by atoms with Crippen molar-refractivity contribution >= 4 is 5.97 Å². The van der Waals surface area contributed by atoms with Gasteiger partial charge in [-0.15, -0.1) is 0 Å². The predicted molar refractivity (Wildman–Crippen MR) is 62.9 cm³/mol. The summed E-state index contributed by atoms with van der Waals surface area (Å²) < 4.78 is 0. The summed E-state index contributed by atoms with van der Waals surface area (Å²) in [6.45, 7) is 5.91. The molecule has 0 aliphatic rings. The first-order chi connectivity index (χ1) is 6.88. The van der Waals surface area contributed by atoms with E-state index in [-0.39, 0.29) is 0 Å². The highest BCUT2D eigenvalue weighted by atomic mass is 16.4. The number of rotatable bonds is 6. The van der Waals surface area contributed by atoms with E-state index in [0.717, 1.165) is 12.8 Å². The van der Waals surface area contributed by atoms with Gasteiger partial charge in [-0.05, 0) is 46.7 Å². The van der Waals surface area contributed by atoms with E-state index in [9.17, 15) is 4.79 Å². The lowest BCUT2D eigenvalue weighted by Gasteiger charge is -2.23. The lowest BCUT2D eigenvalue weighted by Crippen LogP contribution is -2.26. The Kier molecular flexibility index (Phi) is 6.25. The van der Waals surface area contributed by atoms with Crippen LogP contribution in [-0.2, 0) is 4.79 Å². The van der Waals surface area contributed by atoms with E-state index >= 15 is 0 Å². The van der Waals surface area contributed by atoms with Gasteiger partial charge in [0.25, 0.3) is 0 Å². The maximum absolute atomic E-state index is 10.7. The van der Waals surface area contributed by atoms with Crippen molar-refractivity contribution in [2.75, 3.05) is 14.1 Å². The smallest absolute Gasteiger partial charge is 0.330 e. The van der Waals surface area contributed by atoms with Crippen LogP contribution >= 0.6 is 0 Å². The molecule has 0 saturated carbocycles. The molecule has 0 aliphatic carbocycles. The van der Waals surface area contributed by atoms with Crippen LogP contribution in [0.15, 0.2) is 11.6 Å². The van der Waals surface area contributed by atoms with Crippen molar-refractivity contribution in [3.8, 4) is 0 Å². The number of hydrogen-bond acceptors (Lipinski definition) is 2. The molecule has 0 aliphatic heterocycles. The third kappa shape index (κ3) is 5.57. The quantitative estimate of drug-likeness (QED) is 0.689. The third-order valence-corrected chi connectivity index (χ3v) is 2.87. The molecule has 0 radical (unpaired) electrons. The number of nitrogens with zero attached hydrogens (tertiary/aromatic N) is 1. The molecule has 0 bridgehead atoms. The summed E-state index contributed by atoms with van der Waals surface area (Å²) in [5.41, 5.74) is 0.452. The normalized spacial score (nSPS) is 16.5. The zero-order chi connectivity index (χ0) is 12.0. The average Bonchev–Trinajstić information content (AvgIpc) is 2.15. The number of hydrogen-bond donors (Lipinski definition) is 1. The first kappa shape index (κ1) is 14.2. The Morgan fingerprint density at radius 3 is 2.33 bits per heavy atom. The van der Waals surface area contributed by atoms with Gasteiger partial charge in [0.15, 0.2) is 0 Å². The van der Waals surface area contributed by atoms with Gasteiger partial charge in [-0.2, -0.15) is 0 Å². The van der Waals surface area contributed by atoms with Crippen LogP contribution in [0.5, 0.6) is 0 Å². The van der Waals surface area contributed by atoms with Gasteiger partial charge in [0, 0.05) is 11.6 Å². The fourth-order valence-electron chi connectivity index (χ4n) is 1.43. The molecule has 88 valence electrons. The molecule has 0 heterocycles. The largest absolute Gasteiger partial charge is 0.478 e. The Morgan fingerprint density at radius 2 is 2.00 bits per heavy atom. The standard InChI is InChI=1S/C12H23NO2/c1-6-11(7-9(2)12(14)15)8-10(3)13(4)5/h7,10-11H,6,8H2,1-5H3,(H,14,15). The zero-order valence-corrected chi connectivity index (χ0v) is 10.4. The second-order valence-corrected chi connectivity index (χ2v) is 4.37. The summed E-state index contributed by atoms with van der Waals surface area (Å²) in [6, 6.07) is 0.479. The molecule has 0 aromatic heterocycles. The van der Waals surface area contributed by atoms with Gasteiger partial charge in [-0.3, -0.25) is 0 Å². The summed E-state index contributed by atoms with van der Waals surface area (Å²) in [5.74, 6) is -0.454. The maximum Gasteiger partial charge on any atom is 0.330 e. The first-order valence-corrected chi connectivity index (χ1v) is 5.46. The van der Waals surface area contributed by atoms with Crippen molar-refractivity contribution in [3.63, 3.8) is 0 Å². The molecule has 0 amide bonds. The van der Waals surface area contributed by atoms with Crippen LogP contribution < -0.4 is 0 Å². The van der Waals surface area contributed by atoms with E-state index in [1.807, 2.05) is 20.2 Å². The minimum atomic E-state index is -0.814. The van der Waals surface area contributed by atoms with Gasteiger partial charge < -0.3 is 10.0 Å². The molecule has 0 rings (SSSR count). The van der Waals surface area contributed by atoms with E-state index in [1.54, 1.807) is 6.92 Å². The Bertz CT molecular complexity index is 234. The lowest BCUT2D eigenvalue weighted by atomic mass is 9.95. The van der Waals surface area contributed by atoms with Crippen molar-refractivity contribution in [3.05, 3.63) is 11.6 Å². The molecular formula is C12H23NO2. The zero-order valence-electron chi connectivity index (χ0n) is 10.4. The third-order valence-electron chi connectivity index (χ3n) is 2.87. The SMILES string of the molecule is CCC(C=C(C)C(=O)O)CC(C)N(C)C. The summed E-state index contributed by atoms with van der Waals surface area (Å²) in [7, 11) is 4.09. The molecule has 2 unspecified atom stereocenters. The molecule has 0 fully saturated rings. The highest BCUT2D eigenvalue weighted by Gasteiger charge is 2.12. The number of allylic oxidation sites excluding steroid dienone is 1. The number of aliphatic carboxylic acids is 1. The van der Waals surface area contributed by atoms with Gasteiger partial charge in [0.2, 0.25) is 0 Å². The number of carboxylic acids is 1. The fourth-order valence-corrected chi connectivity index (χ4v) is 1.43. The van der Waals surface area contributed by atoms with E-state index in [0.29, 0.717) is 17.5 Å². The van der Waals surface area contributed by atoms with E-state index in [1.165, 1.54) is 0 Å². The van der Waals surface area contributed by atoms with Crippen molar-refractivity contribution in [1.82, 2.24) is 4.90 Å². The fraction of sp³-hybridized carbons (Fsp3) is 0.750. The van der Waals surface area contributed by atoms with Crippen LogP contribution in [0.2, 0.25) is 0 Å². The second kappa shape index (κ2) is 6.62. The summed E-state index contributed by atoms with van der Waals surface area (Å²) in [4.78, 5) is 12.9. The number of carboxylic acid groups (broad SMARTS) is 1. The predicted octanol–water partition coefficient (Wildman–Crippen LogP) is 2.38. The van der Waals surface area contributed by atoms with Gasteiger partial charge in [0.1, 0.15) is 0 Å². The van der Waals surface area contributed by atoms with Gasteiger partial charge >= 0.3 is 5.97 Å². The lowest BCUT2D eigenvalue weighted by molar-refractivity contribution is -0.132. The summed E-state index contributed by atoms with van der Waals surface area (Å²) >= 11 is 0. The van der Waals surface area contributed by atoms with Crippen LogP contribution in [0.25, 0.3) is 0 Å². The molecule has 1 N–H and O–H groups in total. The van der Waals surface area contributed by atoms with Gasteiger partial charge in [-0.1, -0.05) is 13.0 Å². The number of carbonyl (C=O) groups is 1.